The van der Waals surface area contributed by atoms with Gasteiger partial charge >= 0.3 is 5.97 Å². The summed E-state index contributed by atoms with van der Waals surface area (Å²) in [4.78, 5) is 15.0. The predicted octanol–water partition coefficient (Wildman–Crippen LogP) is 1.63. The second-order valence-electron chi connectivity index (χ2n) is 3.95. The lowest BCUT2D eigenvalue weighted by atomic mass is 10.3. The van der Waals surface area contributed by atoms with E-state index in [0.717, 1.165) is 16.9 Å². The fourth-order valence-electron chi connectivity index (χ4n) is 1.56. The van der Waals surface area contributed by atoms with Crippen molar-refractivity contribution >= 4 is 11.6 Å². The maximum atomic E-state index is 10.6. The fourth-order valence-corrected chi connectivity index (χ4v) is 1.56. The second kappa shape index (κ2) is 4.55. The molecule has 5 heteroatoms. The smallest absolute Gasteiger partial charge is 0.332 e. The molecule has 0 spiro atoms. The zero-order valence-electron chi connectivity index (χ0n) is 9.75. The maximum Gasteiger partial charge on any atom is 0.332 e. The molecule has 0 aliphatic rings. The van der Waals surface area contributed by atoms with Crippen LogP contribution in [0.2, 0.25) is 0 Å². The molecule has 1 N–H and O–H groups in total. The average molecular weight is 234 g/mol. The first kappa shape index (κ1) is 11.6. The number of pyridine rings is 1. The third kappa shape index (κ3) is 2.45. The van der Waals surface area contributed by atoms with Gasteiger partial charge in [0.15, 0.2) is 6.10 Å². The summed E-state index contributed by atoms with van der Waals surface area (Å²) in [6.45, 7) is 3.69. The summed E-state index contributed by atoms with van der Waals surface area (Å²) < 4.78 is 7.09. The number of aromatic nitrogens is 2. The Bertz CT molecular complexity index is 548. The number of aliphatic carboxylic acids is 1. The van der Waals surface area contributed by atoms with Gasteiger partial charge < -0.3 is 14.2 Å². The van der Waals surface area contributed by atoms with Gasteiger partial charge in [0.1, 0.15) is 5.65 Å². The van der Waals surface area contributed by atoms with Gasteiger partial charge in [-0.2, -0.15) is 0 Å². The number of hydrogen-bond donors (Lipinski definition) is 1. The van der Waals surface area contributed by atoms with E-state index in [4.69, 9.17) is 9.84 Å². The Hall–Kier alpha value is -1.88. The van der Waals surface area contributed by atoms with E-state index in [-0.39, 0.29) is 6.61 Å². The molecule has 0 fully saturated rings. The van der Waals surface area contributed by atoms with E-state index in [1.807, 2.05) is 35.9 Å². The Labute approximate surface area is 98.7 Å². The van der Waals surface area contributed by atoms with Crippen LogP contribution in [0.25, 0.3) is 5.65 Å². The van der Waals surface area contributed by atoms with Gasteiger partial charge in [-0.05, 0) is 25.5 Å². The van der Waals surface area contributed by atoms with E-state index in [9.17, 15) is 4.79 Å². The van der Waals surface area contributed by atoms with Crippen molar-refractivity contribution in [2.45, 2.75) is 26.6 Å². The van der Waals surface area contributed by atoms with Crippen molar-refractivity contribution in [3.8, 4) is 0 Å². The number of carboxylic acids is 1. The molecule has 0 aliphatic carbocycles. The van der Waals surface area contributed by atoms with Gasteiger partial charge in [-0.25, -0.2) is 9.78 Å². The monoisotopic (exact) mass is 234 g/mol. The van der Waals surface area contributed by atoms with Crippen LogP contribution in [0.4, 0.5) is 0 Å². The number of carboxylic acid groups (broad SMARTS) is 1. The second-order valence-corrected chi connectivity index (χ2v) is 3.95. The summed E-state index contributed by atoms with van der Waals surface area (Å²) in [5, 5.41) is 8.69. The molecule has 2 heterocycles. The van der Waals surface area contributed by atoms with Crippen LogP contribution < -0.4 is 0 Å². The van der Waals surface area contributed by atoms with E-state index in [1.165, 1.54) is 6.92 Å². The summed E-state index contributed by atoms with van der Waals surface area (Å²) >= 11 is 0. The molecule has 5 nitrogen and oxygen atoms in total. The molecule has 2 aromatic rings. The average Bonchev–Trinajstić information content (AvgIpc) is 2.70. The van der Waals surface area contributed by atoms with Crippen molar-refractivity contribution in [3.05, 3.63) is 35.8 Å². The molecule has 90 valence electrons. The summed E-state index contributed by atoms with van der Waals surface area (Å²) in [5.74, 6) is -0.968. The van der Waals surface area contributed by atoms with Crippen LogP contribution in [0.3, 0.4) is 0 Å². The molecule has 0 saturated heterocycles. The maximum absolute atomic E-state index is 10.6. The van der Waals surface area contributed by atoms with Gasteiger partial charge in [0.05, 0.1) is 12.3 Å². The molecule has 2 aromatic heterocycles. The van der Waals surface area contributed by atoms with Gasteiger partial charge in [0.25, 0.3) is 0 Å². The number of nitrogens with zero attached hydrogens (tertiary/aromatic N) is 2. The molecule has 0 radical (unpaired) electrons. The van der Waals surface area contributed by atoms with Crippen LogP contribution in [-0.4, -0.2) is 26.6 Å². The minimum Gasteiger partial charge on any atom is -0.479 e. The molecule has 0 aromatic carbocycles. The molecular formula is C12H14N2O3. The summed E-state index contributed by atoms with van der Waals surface area (Å²) in [5.41, 5.74) is 2.67. The molecule has 1 unspecified atom stereocenters. The summed E-state index contributed by atoms with van der Waals surface area (Å²) in [7, 11) is 0. The summed E-state index contributed by atoms with van der Waals surface area (Å²) in [6.07, 6.45) is 2.93. The van der Waals surface area contributed by atoms with Crippen LogP contribution in [-0.2, 0) is 16.1 Å². The molecule has 0 saturated carbocycles. The van der Waals surface area contributed by atoms with Crippen LogP contribution in [0, 0.1) is 6.92 Å². The Balaban J connectivity index is 2.15. The van der Waals surface area contributed by atoms with E-state index in [0.29, 0.717) is 0 Å². The number of rotatable bonds is 4. The quantitative estimate of drug-likeness (QED) is 0.873. The Morgan fingerprint density at radius 1 is 1.65 bits per heavy atom. The van der Waals surface area contributed by atoms with Gasteiger partial charge in [0, 0.05) is 12.4 Å². The van der Waals surface area contributed by atoms with E-state index in [2.05, 4.69) is 4.98 Å². The minimum atomic E-state index is -0.968. The number of carbonyl (C=O) groups is 1. The Morgan fingerprint density at radius 3 is 3.06 bits per heavy atom. The highest BCUT2D eigenvalue weighted by molar-refractivity contribution is 5.71. The standard InChI is InChI=1S/C12H14N2O3/c1-8-4-3-5-14-6-10(13-11(8)14)7-17-9(2)12(15)16/h3-6,9H,7H2,1-2H3,(H,15,16). The molecule has 2 rings (SSSR count). The normalized spacial score (nSPS) is 12.8. The van der Waals surface area contributed by atoms with E-state index < -0.39 is 12.1 Å². The van der Waals surface area contributed by atoms with Crippen LogP contribution in [0.15, 0.2) is 24.5 Å². The topological polar surface area (TPSA) is 63.8 Å². The highest BCUT2D eigenvalue weighted by Crippen LogP contribution is 2.11. The third-order valence-corrected chi connectivity index (χ3v) is 2.56. The minimum absolute atomic E-state index is 0.203. The van der Waals surface area contributed by atoms with Crippen molar-refractivity contribution in [1.82, 2.24) is 9.38 Å². The summed E-state index contributed by atoms with van der Waals surface area (Å²) in [6, 6.07) is 3.92. The number of fused-ring (bicyclic) bond motifs is 1. The zero-order valence-corrected chi connectivity index (χ0v) is 9.75. The van der Waals surface area contributed by atoms with Crippen LogP contribution in [0.1, 0.15) is 18.2 Å². The van der Waals surface area contributed by atoms with E-state index in [1.54, 1.807) is 0 Å². The highest BCUT2D eigenvalue weighted by atomic mass is 16.5. The molecule has 0 bridgehead atoms. The van der Waals surface area contributed by atoms with Crippen molar-refractivity contribution in [3.63, 3.8) is 0 Å². The lowest BCUT2D eigenvalue weighted by Gasteiger charge is -2.05. The van der Waals surface area contributed by atoms with E-state index >= 15 is 0 Å². The molecule has 0 aliphatic heterocycles. The fraction of sp³-hybridized carbons (Fsp3) is 0.333. The number of ether oxygens (including phenoxy) is 1. The molecule has 0 amide bonds. The first-order valence-electron chi connectivity index (χ1n) is 5.35. The largest absolute Gasteiger partial charge is 0.479 e. The van der Waals surface area contributed by atoms with Crippen LogP contribution in [0.5, 0.6) is 0 Å². The van der Waals surface area contributed by atoms with Crippen molar-refractivity contribution in [1.29, 1.82) is 0 Å². The van der Waals surface area contributed by atoms with Gasteiger partial charge in [-0.1, -0.05) is 6.07 Å². The highest BCUT2D eigenvalue weighted by Gasteiger charge is 2.12. The number of imidazole rings is 1. The molecule has 1 atom stereocenters. The SMILES string of the molecule is Cc1cccn2cc(COC(C)C(=O)O)nc12. The Morgan fingerprint density at radius 2 is 2.41 bits per heavy atom. The van der Waals surface area contributed by atoms with Crippen molar-refractivity contribution < 1.29 is 14.6 Å². The van der Waals surface area contributed by atoms with Crippen LogP contribution >= 0.6 is 0 Å². The molecule has 17 heavy (non-hydrogen) atoms. The first-order chi connectivity index (χ1) is 8.08. The Kier molecular flexibility index (Phi) is 3.10. The van der Waals surface area contributed by atoms with Crippen molar-refractivity contribution in [2.24, 2.45) is 0 Å². The lowest BCUT2D eigenvalue weighted by Crippen LogP contribution is -2.19. The van der Waals surface area contributed by atoms with Gasteiger partial charge in [-0.3, -0.25) is 0 Å². The first-order valence-corrected chi connectivity index (χ1v) is 5.35. The van der Waals surface area contributed by atoms with Crippen molar-refractivity contribution in [2.75, 3.05) is 0 Å². The van der Waals surface area contributed by atoms with Gasteiger partial charge in [-0.15, -0.1) is 0 Å². The van der Waals surface area contributed by atoms with Gasteiger partial charge in [0.2, 0.25) is 0 Å². The predicted molar refractivity (Wildman–Crippen MR) is 61.8 cm³/mol. The number of aryl methyl sites for hydroxylation is 1. The number of hydrogen-bond acceptors (Lipinski definition) is 3. The zero-order chi connectivity index (χ0) is 12.4. The molecular weight excluding hydrogens is 220 g/mol. The lowest BCUT2D eigenvalue weighted by molar-refractivity contribution is -0.149. The third-order valence-electron chi connectivity index (χ3n) is 2.56.